The highest BCUT2D eigenvalue weighted by molar-refractivity contribution is 5.90. The van der Waals surface area contributed by atoms with Crippen LogP contribution < -0.4 is 11.1 Å². The van der Waals surface area contributed by atoms with Crippen molar-refractivity contribution in [1.82, 2.24) is 4.90 Å². The van der Waals surface area contributed by atoms with E-state index in [-0.39, 0.29) is 12.3 Å². The topological polar surface area (TPSA) is 84.7 Å². The maximum Gasteiger partial charge on any atom is 0.308 e. The Labute approximate surface area is 207 Å². The highest BCUT2D eigenvalue weighted by Gasteiger charge is 2.31. The Morgan fingerprint density at radius 2 is 1.60 bits per heavy atom. The molecule has 3 aromatic carbocycles. The van der Waals surface area contributed by atoms with Crippen LogP contribution in [0.1, 0.15) is 34.2 Å². The number of carbonyl (C=O) groups excluding carboxylic acids is 2. The molecule has 1 amide bonds. The van der Waals surface area contributed by atoms with E-state index < -0.39 is 12.0 Å². The summed E-state index contributed by atoms with van der Waals surface area (Å²) in [5.74, 6) is -0.483. The van der Waals surface area contributed by atoms with E-state index in [1.54, 1.807) is 0 Å². The number of carbonyl (C=O) groups is 2. The average molecular weight is 472 g/mol. The van der Waals surface area contributed by atoms with Crippen molar-refractivity contribution in [2.45, 2.75) is 44.8 Å². The van der Waals surface area contributed by atoms with Gasteiger partial charge in [0.2, 0.25) is 5.91 Å². The number of anilines is 1. The van der Waals surface area contributed by atoms with Gasteiger partial charge >= 0.3 is 5.97 Å². The summed E-state index contributed by atoms with van der Waals surface area (Å²) in [5.41, 5.74) is 12.4. The summed E-state index contributed by atoms with van der Waals surface area (Å²) in [6.45, 7) is 1.64. The third kappa shape index (κ3) is 6.49. The molecule has 1 heterocycles. The molecule has 6 nitrogen and oxygen atoms in total. The van der Waals surface area contributed by atoms with Crippen molar-refractivity contribution in [2.75, 3.05) is 19.0 Å². The van der Waals surface area contributed by atoms with Gasteiger partial charge in [-0.3, -0.25) is 9.59 Å². The maximum atomic E-state index is 13.4. The van der Waals surface area contributed by atoms with Crippen molar-refractivity contribution in [1.29, 1.82) is 0 Å². The molecule has 0 radical (unpaired) electrons. The molecule has 0 aliphatic carbocycles. The van der Waals surface area contributed by atoms with Gasteiger partial charge in [0.05, 0.1) is 13.5 Å². The maximum absolute atomic E-state index is 13.4. The number of fused-ring (bicyclic) bond motifs is 1. The number of methoxy groups -OCH3 is 1. The molecule has 0 saturated carbocycles. The van der Waals surface area contributed by atoms with E-state index in [0.717, 1.165) is 36.1 Å². The van der Waals surface area contributed by atoms with Crippen molar-refractivity contribution in [3.8, 4) is 0 Å². The van der Waals surface area contributed by atoms with Crippen LogP contribution in [0.3, 0.4) is 0 Å². The molecule has 3 aromatic rings. The minimum atomic E-state index is -0.654. The Bertz CT molecular complexity index is 1150. The minimum absolute atomic E-state index is 0.00563. The van der Waals surface area contributed by atoms with Gasteiger partial charge in [-0.15, -0.1) is 0 Å². The fourth-order valence-electron chi connectivity index (χ4n) is 4.42. The molecule has 1 unspecified atom stereocenters. The van der Waals surface area contributed by atoms with Gasteiger partial charge in [-0.05, 0) is 53.1 Å². The number of nitrogens with two attached hydrogens (primary N) is 1. The van der Waals surface area contributed by atoms with Gasteiger partial charge in [0.1, 0.15) is 6.04 Å². The molecule has 4 rings (SSSR count). The van der Waals surface area contributed by atoms with Crippen molar-refractivity contribution >= 4 is 17.6 Å². The van der Waals surface area contributed by atoms with Gasteiger partial charge in [0.15, 0.2) is 0 Å². The van der Waals surface area contributed by atoms with Crippen LogP contribution >= 0.6 is 0 Å². The standard InChI is InChI=1S/C29H33N3O3/c1-35-28(33)18-27-29(34)32(16-15-21-5-3-2-4-6-21)20-25-14-13-23(17-26(25)31-27)10-7-22-8-11-24(19-30)12-9-22/h2-6,8-9,11-14,17,27,31H,7,10,15-16,18-20,30H2,1H3. The number of esters is 1. The van der Waals surface area contributed by atoms with Crippen LogP contribution in [0.2, 0.25) is 0 Å². The van der Waals surface area contributed by atoms with Crippen LogP contribution in [0.5, 0.6) is 0 Å². The van der Waals surface area contributed by atoms with E-state index in [9.17, 15) is 9.59 Å². The van der Waals surface area contributed by atoms with Gasteiger partial charge in [0.25, 0.3) is 0 Å². The monoisotopic (exact) mass is 471 g/mol. The zero-order valence-electron chi connectivity index (χ0n) is 20.2. The quantitative estimate of drug-likeness (QED) is 0.463. The van der Waals surface area contributed by atoms with Gasteiger partial charge in [-0.25, -0.2) is 0 Å². The summed E-state index contributed by atoms with van der Waals surface area (Å²) >= 11 is 0. The Morgan fingerprint density at radius 3 is 2.31 bits per heavy atom. The van der Waals surface area contributed by atoms with Crippen LogP contribution in [-0.4, -0.2) is 36.5 Å². The van der Waals surface area contributed by atoms with Crippen LogP contribution in [0.4, 0.5) is 5.69 Å². The molecule has 3 N–H and O–H groups in total. The lowest BCUT2D eigenvalue weighted by molar-refractivity contribution is -0.144. The number of amides is 1. The van der Waals surface area contributed by atoms with E-state index in [0.29, 0.717) is 19.6 Å². The third-order valence-electron chi connectivity index (χ3n) is 6.55. The first-order valence-corrected chi connectivity index (χ1v) is 12.1. The Hall–Kier alpha value is -3.64. The first kappa shape index (κ1) is 24.5. The Kier molecular flexibility index (Phi) is 8.16. The first-order chi connectivity index (χ1) is 17.1. The second kappa shape index (κ2) is 11.7. The van der Waals surface area contributed by atoms with Crippen LogP contribution in [-0.2, 0) is 46.7 Å². The number of benzene rings is 3. The lowest BCUT2D eigenvalue weighted by Gasteiger charge is -2.24. The number of hydrogen-bond acceptors (Lipinski definition) is 5. The Morgan fingerprint density at radius 1 is 0.943 bits per heavy atom. The molecule has 0 bridgehead atoms. The fourth-order valence-corrected chi connectivity index (χ4v) is 4.42. The molecular formula is C29H33N3O3. The van der Waals surface area contributed by atoms with Crippen molar-refractivity contribution in [3.05, 3.63) is 101 Å². The molecule has 182 valence electrons. The molecule has 0 aromatic heterocycles. The van der Waals surface area contributed by atoms with Gasteiger partial charge in [-0.2, -0.15) is 0 Å². The van der Waals surface area contributed by atoms with Crippen LogP contribution in [0.15, 0.2) is 72.8 Å². The van der Waals surface area contributed by atoms with E-state index >= 15 is 0 Å². The van der Waals surface area contributed by atoms with Gasteiger partial charge in [-0.1, -0.05) is 66.7 Å². The number of hydrogen-bond donors (Lipinski definition) is 2. The summed E-state index contributed by atoms with van der Waals surface area (Å²) in [6, 6.07) is 24.2. The summed E-state index contributed by atoms with van der Waals surface area (Å²) in [7, 11) is 1.35. The van der Waals surface area contributed by atoms with E-state index in [1.165, 1.54) is 23.8 Å². The minimum Gasteiger partial charge on any atom is -0.469 e. The summed E-state index contributed by atoms with van der Waals surface area (Å²) in [4.78, 5) is 27.3. The number of nitrogens with one attached hydrogen (secondary N) is 1. The molecule has 0 spiro atoms. The largest absolute Gasteiger partial charge is 0.469 e. The first-order valence-electron chi connectivity index (χ1n) is 12.1. The average Bonchev–Trinajstić information content (AvgIpc) is 3.02. The predicted molar refractivity (Wildman–Crippen MR) is 138 cm³/mol. The number of ether oxygens (including phenoxy) is 1. The van der Waals surface area contributed by atoms with Crippen molar-refractivity contribution < 1.29 is 14.3 Å². The third-order valence-corrected chi connectivity index (χ3v) is 6.55. The lowest BCUT2D eigenvalue weighted by atomic mass is 10.0. The molecule has 0 saturated heterocycles. The normalized spacial score (nSPS) is 15.2. The zero-order chi connectivity index (χ0) is 24.6. The molecule has 1 aliphatic rings. The number of nitrogens with zero attached hydrogens (tertiary/aromatic N) is 1. The molecule has 6 heteroatoms. The van der Waals surface area contributed by atoms with Gasteiger partial charge in [0, 0.05) is 25.3 Å². The molecular weight excluding hydrogens is 438 g/mol. The lowest BCUT2D eigenvalue weighted by Crippen LogP contribution is -2.42. The second-order valence-electron chi connectivity index (χ2n) is 8.98. The molecule has 0 fully saturated rings. The Balaban J connectivity index is 1.51. The van der Waals surface area contributed by atoms with Crippen molar-refractivity contribution in [3.63, 3.8) is 0 Å². The molecule has 1 atom stereocenters. The number of rotatable bonds is 9. The van der Waals surface area contributed by atoms with E-state index in [4.69, 9.17) is 10.5 Å². The molecule has 1 aliphatic heterocycles. The predicted octanol–water partition coefficient (Wildman–Crippen LogP) is 3.86. The fraction of sp³-hybridized carbons (Fsp3) is 0.310. The highest BCUT2D eigenvalue weighted by Crippen LogP contribution is 2.26. The smallest absolute Gasteiger partial charge is 0.308 e. The van der Waals surface area contributed by atoms with Gasteiger partial charge < -0.3 is 20.7 Å². The highest BCUT2D eigenvalue weighted by atomic mass is 16.5. The second-order valence-corrected chi connectivity index (χ2v) is 8.98. The summed E-state index contributed by atoms with van der Waals surface area (Å²) in [5, 5.41) is 3.35. The van der Waals surface area contributed by atoms with Crippen LogP contribution in [0.25, 0.3) is 0 Å². The van der Waals surface area contributed by atoms with E-state index in [2.05, 4.69) is 59.9 Å². The van der Waals surface area contributed by atoms with E-state index in [1.807, 2.05) is 23.1 Å². The van der Waals surface area contributed by atoms with Crippen LogP contribution in [0, 0.1) is 0 Å². The summed E-state index contributed by atoms with van der Waals surface area (Å²) in [6.07, 6.45) is 2.55. The SMILES string of the molecule is COC(=O)CC1Nc2cc(CCc3ccc(CN)cc3)ccc2CN(CCc2ccccc2)C1=O. The molecule has 35 heavy (non-hydrogen) atoms. The number of aryl methyl sites for hydroxylation is 2. The zero-order valence-corrected chi connectivity index (χ0v) is 20.2. The summed E-state index contributed by atoms with van der Waals surface area (Å²) < 4.78 is 4.86. The van der Waals surface area contributed by atoms with Crippen molar-refractivity contribution in [2.24, 2.45) is 5.73 Å².